The molecule has 0 aliphatic heterocycles. The van der Waals surface area contributed by atoms with Crippen molar-refractivity contribution in [1.29, 1.82) is 0 Å². The molecule has 1 unspecified atom stereocenters. The Morgan fingerprint density at radius 1 is 1.23 bits per heavy atom. The summed E-state index contributed by atoms with van der Waals surface area (Å²) in [6, 6.07) is 7.06. The van der Waals surface area contributed by atoms with Gasteiger partial charge in [-0.3, -0.25) is 0 Å². The molecule has 0 bridgehead atoms. The average molecular weight is 366 g/mol. The lowest BCUT2D eigenvalue weighted by molar-refractivity contribution is 0.281. The molecule has 0 radical (unpaired) electrons. The van der Waals surface area contributed by atoms with Crippen molar-refractivity contribution in [1.82, 2.24) is 9.97 Å². The molecule has 1 aromatic carbocycles. The predicted molar refractivity (Wildman–Crippen MR) is 89.3 cm³/mol. The molecule has 0 aliphatic carbocycles. The zero-order valence-corrected chi connectivity index (χ0v) is 13.4. The van der Waals surface area contributed by atoms with E-state index in [1.807, 2.05) is 12.1 Å². The first-order chi connectivity index (χ1) is 10.5. The molecule has 116 valence electrons. The Kier molecular flexibility index (Phi) is 5.23. The van der Waals surface area contributed by atoms with Gasteiger partial charge in [-0.1, -0.05) is 15.9 Å². The number of aromatic nitrogens is 2. The second kappa shape index (κ2) is 7.14. The van der Waals surface area contributed by atoms with Crippen molar-refractivity contribution < 1.29 is 5.11 Å². The molecule has 0 amide bonds. The number of nitrogens with zero attached hydrogens (tertiary/aromatic N) is 4. The molecule has 1 atom stereocenters. The number of hydrogen-bond acceptors (Lipinski definition) is 8. The first-order valence-corrected chi connectivity index (χ1v) is 7.26. The lowest BCUT2D eigenvalue weighted by Crippen LogP contribution is -2.21. The van der Waals surface area contributed by atoms with Gasteiger partial charge in [0.25, 0.3) is 0 Å². The summed E-state index contributed by atoms with van der Waals surface area (Å²) in [7, 11) is 0. The maximum Gasteiger partial charge on any atom is 0.224 e. The minimum atomic E-state index is -0.240. The summed E-state index contributed by atoms with van der Waals surface area (Å²) < 4.78 is 0.945. The van der Waals surface area contributed by atoms with Crippen LogP contribution in [0.3, 0.4) is 0 Å². The fourth-order valence-corrected chi connectivity index (χ4v) is 1.85. The Morgan fingerprint density at radius 3 is 2.55 bits per heavy atom. The number of halogens is 1. The minimum Gasteiger partial charge on any atom is -0.394 e. The van der Waals surface area contributed by atoms with Gasteiger partial charge in [0.15, 0.2) is 17.3 Å². The van der Waals surface area contributed by atoms with Crippen molar-refractivity contribution in [2.75, 3.05) is 23.4 Å². The molecule has 0 spiro atoms. The zero-order valence-electron chi connectivity index (χ0n) is 11.9. The summed E-state index contributed by atoms with van der Waals surface area (Å²) in [6.45, 7) is 1.71. The van der Waals surface area contributed by atoms with Crippen LogP contribution in [-0.2, 0) is 0 Å². The van der Waals surface area contributed by atoms with E-state index in [1.165, 1.54) is 0 Å². The third-order valence-corrected chi connectivity index (χ3v) is 3.21. The number of nitrogens with two attached hydrogens (primary N) is 2. The van der Waals surface area contributed by atoms with Crippen molar-refractivity contribution >= 4 is 44.9 Å². The molecule has 1 heterocycles. The van der Waals surface area contributed by atoms with Crippen LogP contribution in [0, 0.1) is 0 Å². The summed E-state index contributed by atoms with van der Waals surface area (Å²) in [4.78, 5) is 7.93. The van der Waals surface area contributed by atoms with Crippen LogP contribution in [0.15, 0.2) is 39.0 Å². The standard InChI is InChI=1S/C13H16BrN7O/c1-7(6-22)17-12-10(11(15)18-13(16)19-12)21-20-9-4-2-8(14)3-5-9/h2-5,7,22H,6H2,1H3,(H5,15,16,17,18,19). The number of benzene rings is 1. The second-order valence-corrected chi connectivity index (χ2v) is 5.48. The highest BCUT2D eigenvalue weighted by Crippen LogP contribution is 2.31. The van der Waals surface area contributed by atoms with Gasteiger partial charge < -0.3 is 21.9 Å². The van der Waals surface area contributed by atoms with Crippen LogP contribution in [0.4, 0.5) is 29.0 Å². The van der Waals surface area contributed by atoms with E-state index in [9.17, 15) is 0 Å². The first kappa shape index (κ1) is 16.1. The molecule has 6 N–H and O–H groups in total. The maximum absolute atomic E-state index is 9.13. The molecule has 8 nitrogen and oxygen atoms in total. The molecule has 22 heavy (non-hydrogen) atoms. The molecule has 2 aromatic rings. The Balaban J connectivity index is 2.34. The zero-order chi connectivity index (χ0) is 16.1. The Labute approximate surface area is 135 Å². The van der Waals surface area contributed by atoms with Gasteiger partial charge >= 0.3 is 0 Å². The highest BCUT2D eigenvalue weighted by molar-refractivity contribution is 9.10. The average Bonchev–Trinajstić information content (AvgIpc) is 2.48. The summed E-state index contributed by atoms with van der Waals surface area (Å²) in [6.07, 6.45) is 0. The number of azo groups is 1. The quantitative estimate of drug-likeness (QED) is 0.601. The van der Waals surface area contributed by atoms with Gasteiger partial charge in [-0.15, -0.1) is 5.11 Å². The fraction of sp³-hybridized carbons (Fsp3) is 0.231. The number of rotatable bonds is 5. The largest absolute Gasteiger partial charge is 0.394 e. The number of nitrogen functional groups attached to an aromatic ring is 2. The first-order valence-electron chi connectivity index (χ1n) is 6.47. The lowest BCUT2D eigenvalue weighted by atomic mass is 10.3. The van der Waals surface area contributed by atoms with Gasteiger partial charge in [-0.2, -0.15) is 15.1 Å². The Morgan fingerprint density at radius 2 is 1.91 bits per heavy atom. The molecule has 0 fully saturated rings. The topological polar surface area (TPSA) is 135 Å². The molecule has 0 saturated carbocycles. The smallest absolute Gasteiger partial charge is 0.224 e. The third kappa shape index (κ3) is 4.12. The van der Waals surface area contributed by atoms with Gasteiger partial charge in [0.2, 0.25) is 5.95 Å². The molecule has 2 rings (SSSR count). The van der Waals surface area contributed by atoms with E-state index in [2.05, 4.69) is 41.4 Å². The SMILES string of the molecule is CC(CO)Nc1nc(N)nc(N)c1N=Nc1ccc(Br)cc1. The van der Waals surface area contributed by atoms with Crippen LogP contribution in [0.25, 0.3) is 0 Å². The normalized spacial score (nSPS) is 12.5. The fourth-order valence-electron chi connectivity index (χ4n) is 1.58. The monoisotopic (exact) mass is 365 g/mol. The van der Waals surface area contributed by atoms with Gasteiger partial charge in [0, 0.05) is 10.5 Å². The molecule has 0 aliphatic rings. The number of anilines is 3. The summed E-state index contributed by atoms with van der Waals surface area (Å²) in [5, 5.41) is 20.3. The molecule has 9 heteroatoms. The third-order valence-electron chi connectivity index (χ3n) is 2.68. The van der Waals surface area contributed by atoms with E-state index in [4.69, 9.17) is 16.6 Å². The van der Waals surface area contributed by atoms with Gasteiger partial charge in [-0.25, -0.2) is 0 Å². The number of hydrogen-bond donors (Lipinski definition) is 4. The van der Waals surface area contributed by atoms with Gasteiger partial charge in [0.1, 0.15) is 0 Å². The van der Waals surface area contributed by atoms with E-state index in [0.29, 0.717) is 11.5 Å². The highest BCUT2D eigenvalue weighted by Gasteiger charge is 2.13. The molecular formula is C13H16BrN7O. The Hall–Kier alpha value is -2.26. The molecule has 0 saturated heterocycles. The van der Waals surface area contributed by atoms with Crippen LogP contribution in [-0.4, -0.2) is 27.7 Å². The molecular weight excluding hydrogens is 350 g/mol. The van der Waals surface area contributed by atoms with Crippen LogP contribution in [0.5, 0.6) is 0 Å². The summed E-state index contributed by atoms with van der Waals surface area (Å²) >= 11 is 3.35. The van der Waals surface area contributed by atoms with E-state index in [1.54, 1.807) is 19.1 Å². The lowest BCUT2D eigenvalue weighted by Gasteiger charge is -2.14. The van der Waals surface area contributed by atoms with Crippen LogP contribution < -0.4 is 16.8 Å². The highest BCUT2D eigenvalue weighted by atomic mass is 79.9. The maximum atomic E-state index is 9.13. The summed E-state index contributed by atoms with van der Waals surface area (Å²) in [5.41, 5.74) is 12.3. The van der Waals surface area contributed by atoms with E-state index in [-0.39, 0.29) is 30.1 Å². The minimum absolute atomic E-state index is 0.0210. The predicted octanol–water partition coefficient (Wildman–Crippen LogP) is 2.61. The van der Waals surface area contributed by atoms with Crippen LogP contribution in [0.1, 0.15) is 6.92 Å². The number of aliphatic hydroxyl groups excluding tert-OH is 1. The van der Waals surface area contributed by atoms with Crippen molar-refractivity contribution in [3.05, 3.63) is 28.7 Å². The van der Waals surface area contributed by atoms with Crippen LogP contribution >= 0.6 is 15.9 Å². The number of aliphatic hydroxyl groups is 1. The van der Waals surface area contributed by atoms with Gasteiger partial charge in [-0.05, 0) is 31.2 Å². The van der Waals surface area contributed by atoms with Crippen molar-refractivity contribution in [3.8, 4) is 0 Å². The van der Waals surface area contributed by atoms with E-state index < -0.39 is 0 Å². The molecule has 1 aromatic heterocycles. The van der Waals surface area contributed by atoms with Gasteiger partial charge in [0.05, 0.1) is 12.3 Å². The van der Waals surface area contributed by atoms with E-state index in [0.717, 1.165) is 4.47 Å². The van der Waals surface area contributed by atoms with Crippen molar-refractivity contribution in [2.45, 2.75) is 13.0 Å². The van der Waals surface area contributed by atoms with E-state index >= 15 is 0 Å². The van der Waals surface area contributed by atoms with Crippen LogP contribution in [0.2, 0.25) is 0 Å². The number of nitrogens with one attached hydrogen (secondary N) is 1. The Bertz CT molecular complexity index is 675. The second-order valence-electron chi connectivity index (χ2n) is 4.57. The summed E-state index contributed by atoms with van der Waals surface area (Å²) in [5.74, 6) is 0.459. The van der Waals surface area contributed by atoms with Crippen molar-refractivity contribution in [2.24, 2.45) is 10.2 Å². The van der Waals surface area contributed by atoms with Crippen molar-refractivity contribution in [3.63, 3.8) is 0 Å².